The summed E-state index contributed by atoms with van der Waals surface area (Å²) in [6.45, 7) is 4.53. The van der Waals surface area contributed by atoms with Crippen molar-refractivity contribution in [2.45, 2.75) is 31.3 Å². The van der Waals surface area contributed by atoms with Gasteiger partial charge in [-0.05, 0) is 55.8 Å². The van der Waals surface area contributed by atoms with Crippen molar-refractivity contribution >= 4 is 51.1 Å². The summed E-state index contributed by atoms with van der Waals surface area (Å²) in [5.41, 5.74) is 0.971. The summed E-state index contributed by atoms with van der Waals surface area (Å²) in [5.74, 6) is 0.0121. The van der Waals surface area contributed by atoms with Gasteiger partial charge in [-0.15, -0.1) is 11.8 Å². The summed E-state index contributed by atoms with van der Waals surface area (Å²) in [7, 11) is 0. The summed E-state index contributed by atoms with van der Waals surface area (Å²) in [5, 5.41) is 3.45. The van der Waals surface area contributed by atoms with E-state index in [1.807, 2.05) is 43.3 Å². The van der Waals surface area contributed by atoms with Gasteiger partial charge >= 0.3 is 0 Å². The Bertz CT molecular complexity index is 769. The molecule has 0 fully saturated rings. The van der Waals surface area contributed by atoms with Crippen molar-refractivity contribution in [3.05, 3.63) is 63.6 Å². The van der Waals surface area contributed by atoms with Crippen molar-refractivity contribution in [3.63, 3.8) is 0 Å². The van der Waals surface area contributed by atoms with E-state index in [2.05, 4.69) is 21.2 Å². The highest BCUT2D eigenvalue weighted by molar-refractivity contribution is 9.10. The van der Waals surface area contributed by atoms with Crippen molar-refractivity contribution in [3.8, 4) is 0 Å². The zero-order valence-electron chi connectivity index (χ0n) is 15.2. The predicted molar refractivity (Wildman–Crippen MR) is 115 cm³/mol. The molecule has 2 aromatic rings. The number of benzene rings is 2. The van der Waals surface area contributed by atoms with Gasteiger partial charge in [-0.1, -0.05) is 39.7 Å². The van der Waals surface area contributed by atoms with Gasteiger partial charge in [0.05, 0.1) is 5.75 Å². The molecule has 2 amide bonds. The molecule has 1 N–H and O–H groups in total. The number of halogens is 2. The van der Waals surface area contributed by atoms with Gasteiger partial charge in [0.2, 0.25) is 11.8 Å². The Morgan fingerprint density at radius 3 is 2.37 bits per heavy atom. The van der Waals surface area contributed by atoms with Crippen LogP contribution in [0.3, 0.4) is 0 Å². The van der Waals surface area contributed by atoms with Crippen molar-refractivity contribution in [2.24, 2.45) is 0 Å². The van der Waals surface area contributed by atoms with Crippen LogP contribution in [0.2, 0.25) is 5.02 Å². The average molecular weight is 470 g/mol. The van der Waals surface area contributed by atoms with Crippen LogP contribution in [0.25, 0.3) is 0 Å². The Labute approximate surface area is 177 Å². The van der Waals surface area contributed by atoms with E-state index in [1.54, 1.807) is 24.0 Å². The van der Waals surface area contributed by atoms with E-state index in [9.17, 15) is 9.59 Å². The molecule has 0 unspecified atom stereocenters. The largest absolute Gasteiger partial charge is 0.355 e. The third-order valence-corrected chi connectivity index (χ3v) is 5.74. The van der Waals surface area contributed by atoms with Gasteiger partial charge in [0.15, 0.2) is 0 Å². The topological polar surface area (TPSA) is 49.4 Å². The van der Waals surface area contributed by atoms with Gasteiger partial charge < -0.3 is 10.2 Å². The summed E-state index contributed by atoms with van der Waals surface area (Å²) < 4.78 is 0.971. The third kappa shape index (κ3) is 6.87. The van der Waals surface area contributed by atoms with Gasteiger partial charge in [0.1, 0.15) is 6.04 Å². The first kappa shape index (κ1) is 21.8. The maximum atomic E-state index is 12.9. The second-order valence-electron chi connectivity index (χ2n) is 5.96. The zero-order chi connectivity index (χ0) is 19.8. The van der Waals surface area contributed by atoms with E-state index in [0.717, 1.165) is 14.9 Å². The Kier molecular flexibility index (Phi) is 8.67. The van der Waals surface area contributed by atoms with Crippen LogP contribution in [0.5, 0.6) is 0 Å². The van der Waals surface area contributed by atoms with Crippen LogP contribution in [0.1, 0.15) is 19.4 Å². The molecule has 0 aliphatic carbocycles. The van der Waals surface area contributed by atoms with E-state index in [1.165, 1.54) is 11.8 Å². The molecule has 4 nitrogen and oxygen atoms in total. The van der Waals surface area contributed by atoms with Crippen LogP contribution in [0, 0.1) is 0 Å². The molecule has 0 spiro atoms. The Hall–Kier alpha value is -1.50. The van der Waals surface area contributed by atoms with E-state index in [0.29, 0.717) is 18.1 Å². The van der Waals surface area contributed by atoms with Crippen molar-refractivity contribution in [2.75, 3.05) is 12.3 Å². The molecule has 144 valence electrons. The number of carbonyl (C=O) groups excluding carboxylic acids is 2. The summed E-state index contributed by atoms with van der Waals surface area (Å²) in [6, 6.07) is 14.6. The molecule has 0 aromatic heterocycles. The standard InChI is InChI=1S/C20H22BrClN2O2S/c1-3-23-20(26)14(2)24(12-15-4-6-16(21)7-5-15)19(25)13-27-18-10-8-17(22)9-11-18/h4-11,14H,3,12-13H2,1-2H3,(H,23,26)/t14-/m1/s1. The lowest BCUT2D eigenvalue weighted by molar-refractivity contribution is -0.138. The van der Waals surface area contributed by atoms with Gasteiger partial charge in [-0.2, -0.15) is 0 Å². The molecule has 0 radical (unpaired) electrons. The quantitative estimate of drug-likeness (QED) is 0.568. The number of thioether (sulfide) groups is 1. The molecule has 0 aliphatic heterocycles. The minimum Gasteiger partial charge on any atom is -0.355 e. The van der Waals surface area contributed by atoms with E-state index in [4.69, 9.17) is 11.6 Å². The molecule has 2 rings (SSSR count). The lowest BCUT2D eigenvalue weighted by Crippen LogP contribution is -2.48. The smallest absolute Gasteiger partial charge is 0.242 e. The molecule has 1 atom stereocenters. The number of rotatable bonds is 8. The predicted octanol–water partition coefficient (Wildman–Crippen LogP) is 4.75. The van der Waals surface area contributed by atoms with Crippen LogP contribution < -0.4 is 5.32 Å². The van der Waals surface area contributed by atoms with E-state index < -0.39 is 6.04 Å². The molecule has 7 heteroatoms. The highest BCUT2D eigenvalue weighted by Crippen LogP contribution is 2.22. The molecule has 27 heavy (non-hydrogen) atoms. The maximum absolute atomic E-state index is 12.9. The fraction of sp³-hybridized carbons (Fsp3) is 0.300. The molecule has 0 aliphatic rings. The van der Waals surface area contributed by atoms with E-state index >= 15 is 0 Å². The Balaban J connectivity index is 2.11. The number of likely N-dealkylation sites (N-methyl/N-ethyl adjacent to an activating group) is 1. The van der Waals surface area contributed by atoms with Crippen LogP contribution in [0.4, 0.5) is 0 Å². The van der Waals surface area contributed by atoms with Crippen molar-refractivity contribution in [1.29, 1.82) is 0 Å². The number of hydrogen-bond donors (Lipinski definition) is 1. The third-order valence-electron chi connectivity index (χ3n) is 3.96. The summed E-state index contributed by atoms with van der Waals surface area (Å²) in [6.07, 6.45) is 0. The number of amides is 2. The number of nitrogens with one attached hydrogen (secondary N) is 1. The van der Waals surface area contributed by atoms with Gasteiger partial charge in [-0.25, -0.2) is 0 Å². The van der Waals surface area contributed by atoms with Gasteiger partial charge in [0, 0.05) is 27.5 Å². The molecule has 0 saturated carbocycles. The average Bonchev–Trinajstić information content (AvgIpc) is 2.66. The fourth-order valence-electron chi connectivity index (χ4n) is 2.45. The fourth-order valence-corrected chi connectivity index (χ4v) is 3.62. The second-order valence-corrected chi connectivity index (χ2v) is 8.36. The molecule has 0 bridgehead atoms. The highest BCUT2D eigenvalue weighted by Gasteiger charge is 2.25. The maximum Gasteiger partial charge on any atom is 0.242 e. The normalized spacial score (nSPS) is 11.7. The number of nitrogens with zero attached hydrogens (tertiary/aromatic N) is 1. The first-order chi connectivity index (χ1) is 12.9. The van der Waals surface area contributed by atoms with Crippen molar-refractivity contribution in [1.82, 2.24) is 10.2 Å². The minimum atomic E-state index is -0.549. The molecule has 0 saturated heterocycles. The Morgan fingerprint density at radius 2 is 1.78 bits per heavy atom. The highest BCUT2D eigenvalue weighted by atomic mass is 79.9. The molecule has 0 heterocycles. The first-order valence-electron chi connectivity index (χ1n) is 8.60. The summed E-state index contributed by atoms with van der Waals surface area (Å²) in [4.78, 5) is 27.8. The number of hydrogen-bond acceptors (Lipinski definition) is 3. The molecular formula is C20H22BrClN2O2S. The Morgan fingerprint density at radius 1 is 1.15 bits per heavy atom. The van der Waals surface area contributed by atoms with Crippen LogP contribution in [0.15, 0.2) is 57.9 Å². The van der Waals surface area contributed by atoms with Crippen LogP contribution in [-0.2, 0) is 16.1 Å². The van der Waals surface area contributed by atoms with Crippen LogP contribution >= 0.6 is 39.3 Å². The molecule has 2 aromatic carbocycles. The lowest BCUT2D eigenvalue weighted by Gasteiger charge is -2.28. The SMILES string of the molecule is CCNC(=O)[C@@H](C)N(Cc1ccc(Br)cc1)C(=O)CSc1ccc(Cl)cc1. The molecular weight excluding hydrogens is 448 g/mol. The minimum absolute atomic E-state index is 0.0865. The van der Waals surface area contributed by atoms with Crippen molar-refractivity contribution < 1.29 is 9.59 Å². The summed E-state index contributed by atoms with van der Waals surface area (Å²) >= 11 is 10.7. The van der Waals surface area contributed by atoms with E-state index in [-0.39, 0.29) is 17.6 Å². The van der Waals surface area contributed by atoms with Crippen LogP contribution in [-0.4, -0.2) is 35.1 Å². The monoisotopic (exact) mass is 468 g/mol. The number of carbonyl (C=O) groups is 2. The first-order valence-corrected chi connectivity index (χ1v) is 10.8. The second kappa shape index (κ2) is 10.7. The zero-order valence-corrected chi connectivity index (χ0v) is 18.4. The van der Waals surface area contributed by atoms with Gasteiger partial charge in [-0.3, -0.25) is 9.59 Å². The van der Waals surface area contributed by atoms with Gasteiger partial charge in [0.25, 0.3) is 0 Å². The lowest BCUT2D eigenvalue weighted by atomic mass is 10.1.